The molecule has 1 fully saturated rings. The number of methoxy groups -OCH3 is 1. The van der Waals surface area contributed by atoms with Gasteiger partial charge in [0.2, 0.25) is 0 Å². The van der Waals surface area contributed by atoms with Crippen molar-refractivity contribution in [1.82, 2.24) is 9.97 Å². The fourth-order valence-electron chi connectivity index (χ4n) is 4.42. The van der Waals surface area contributed by atoms with Crippen molar-refractivity contribution >= 4 is 22.4 Å². The minimum Gasteiger partial charge on any atom is -0.494 e. The van der Waals surface area contributed by atoms with Gasteiger partial charge in [-0.1, -0.05) is 18.2 Å². The Kier molecular flexibility index (Phi) is 3.75. The van der Waals surface area contributed by atoms with Gasteiger partial charge in [0, 0.05) is 42.3 Å². The lowest BCUT2D eigenvalue weighted by molar-refractivity contribution is 0.0558. The van der Waals surface area contributed by atoms with Gasteiger partial charge in [0.15, 0.2) is 11.6 Å². The largest absolute Gasteiger partial charge is 0.494 e. The maximum Gasteiger partial charge on any atom is 0.167 e. The Morgan fingerprint density at radius 3 is 2.78 bits per heavy atom. The molecule has 6 heteroatoms. The minimum absolute atomic E-state index is 0.0657. The number of aromatic nitrogens is 2. The molecule has 3 heterocycles. The monoisotopic (exact) mass is 365 g/mol. The Morgan fingerprint density at radius 1 is 1.15 bits per heavy atom. The Morgan fingerprint density at radius 2 is 1.96 bits per heavy atom. The second-order valence-electron chi connectivity index (χ2n) is 7.20. The molecule has 1 saturated heterocycles. The number of hydrogen-bond acceptors (Lipinski definition) is 5. The van der Waals surface area contributed by atoms with Gasteiger partial charge in [-0.2, -0.15) is 0 Å². The van der Waals surface area contributed by atoms with Crippen LogP contribution in [0.1, 0.15) is 18.4 Å². The molecule has 5 rings (SSSR count). The number of para-hydroxylation sites is 1. The summed E-state index contributed by atoms with van der Waals surface area (Å²) >= 11 is 0. The second-order valence-corrected chi connectivity index (χ2v) is 7.20. The SMILES string of the molecule is COc1cc2c(N3CC4(CCOCC4)c4ccccc43)ncnc2cc1F. The van der Waals surface area contributed by atoms with E-state index in [4.69, 9.17) is 9.47 Å². The highest BCUT2D eigenvalue weighted by Crippen LogP contribution is 2.49. The van der Waals surface area contributed by atoms with Crippen LogP contribution in [0.4, 0.5) is 15.9 Å². The van der Waals surface area contributed by atoms with Crippen LogP contribution in [0.2, 0.25) is 0 Å². The summed E-state index contributed by atoms with van der Waals surface area (Å²) in [5.41, 5.74) is 3.14. The molecule has 138 valence electrons. The van der Waals surface area contributed by atoms with E-state index in [0.29, 0.717) is 5.52 Å². The van der Waals surface area contributed by atoms with Gasteiger partial charge >= 0.3 is 0 Å². The zero-order valence-corrected chi connectivity index (χ0v) is 15.1. The molecule has 0 atom stereocenters. The van der Waals surface area contributed by atoms with E-state index in [1.807, 2.05) is 6.07 Å². The summed E-state index contributed by atoms with van der Waals surface area (Å²) in [6, 6.07) is 11.6. The third-order valence-corrected chi connectivity index (χ3v) is 5.82. The first kappa shape index (κ1) is 16.4. The number of ether oxygens (including phenoxy) is 2. The number of benzene rings is 2. The van der Waals surface area contributed by atoms with Gasteiger partial charge < -0.3 is 14.4 Å². The first-order valence-electron chi connectivity index (χ1n) is 9.15. The predicted molar refractivity (Wildman–Crippen MR) is 101 cm³/mol. The molecule has 0 N–H and O–H groups in total. The van der Waals surface area contributed by atoms with Gasteiger partial charge in [-0.05, 0) is 30.5 Å². The molecule has 1 aromatic heterocycles. The Labute approximate surface area is 156 Å². The van der Waals surface area contributed by atoms with E-state index in [2.05, 4.69) is 33.1 Å². The van der Waals surface area contributed by atoms with Crippen LogP contribution in [0.25, 0.3) is 10.9 Å². The third kappa shape index (κ3) is 2.47. The zero-order chi connectivity index (χ0) is 18.4. The van der Waals surface area contributed by atoms with Crippen molar-refractivity contribution in [2.24, 2.45) is 0 Å². The molecule has 27 heavy (non-hydrogen) atoms. The number of halogens is 1. The van der Waals surface area contributed by atoms with Crippen LogP contribution in [0.5, 0.6) is 5.75 Å². The molecule has 5 nitrogen and oxygen atoms in total. The Bertz CT molecular complexity index is 1020. The average Bonchev–Trinajstić information content (AvgIpc) is 3.01. The summed E-state index contributed by atoms with van der Waals surface area (Å²) in [5, 5.41) is 0.787. The van der Waals surface area contributed by atoms with Gasteiger partial charge in [0.1, 0.15) is 12.1 Å². The number of hydrogen-bond donors (Lipinski definition) is 0. The van der Waals surface area contributed by atoms with Crippen LogP contribution in [-0.2, 0) is 10.2 Å². The molecular weight excluding hydrogens is 345 g/mol. The average molecular weight is 365 g/mol. The second kappa shape index (κ2) is 6.16. The van der Waals surface area contributed by atoms with Crippen LogP contribution >= 0.6 is 0 Å². The normalized spacial score (nSPS) is 18.1. The van der Waals surface area contributed by atoms with Crippen molar-refractivity contribution in [3.05, 3.63) is 54.1 Å². The maximum absolute atomic E-state index is 14.1. The molecule has 0 amide bonds. The highest BCUT2D eigenvalue weighted by molar-refractivity contribution is 5.93. The van der Waals surface area contributed by atoms with E-state index < -0.39 is 5.82 Å². The fraction of sp³-hybridized carbons (Fsp3) is 0.333. The Balaban J connectivity index is 1.69. The van der Waals surface area contributed by atoms with Crippen molar-refractivity contribution in [3.63, 3.8) is 0 Å². The molecule has 0 aliphatic carbocycles. The molecule has 2 aliphatic heterocycles. The predicted octanol–water partition coefficient (Wildman–Crippen LogP) is 3.98. The first-order chi connectivity index (χ1) is 13.2. The van der Waals surface area contributed by atoms with Crippen molar-refractivity contribution < 1.29 is 13.9 Å². The Hall–Kier alpha value is -2.73. The lowest BCUT2D eigenvalue weighted by atomic mass is 9.76. The van der Waals surface area contributed by atoms with E-state index in [-0.39, 0.29) is 11.2 Å². The van der Waals surface area contributed by atoms with Gasteiger partial charge in [-0.15, -0.1) is 0 Å². The summed E-state index contributed by atoms with van der Waals surface area (Å²) < 4.78 is 24.9. The van der Waals surface area contributed by atoms with Crippen molar-refractivity contribution in [2.75, 3.05) is 31.8 Å². The summed E-state index contributed by atoms with van der Waals surface area (Å²) in [6.07, 6.45) is 3.48. The van der Waals surface area contributed by atoms with Gasteiger partial charge in [-0.3, -0.25) is 0 Å². The van der Waals surface area contributed by atoms with Crippen LogP contribution in [0, 0.1) is 5.82 Å². The van der Waals surface area contributed by atoms with Crippen LogP contribution < -0.4 is 9.64 Å². The number of nitrogens with zero attached hydrogens (tertiary/aromatic N) is 3. The van der Waals surface area contributed by atoms with E-state index in [1.54, 1.807) is 6.07 Å². The molecule has 2 aromatic carbocycles. The van der Waals surface area contributed by atoms with Crippen molar-refractivity contribution in [2.45, 2.75) is 18.3 Å². The fourth-order valence-corrected chi connectivity index (χ4v) is 4.42. The zero-order valence-electron chi connectivity index (χ0n) is 15.1. The van der Waals surface area contributed by atoms with Crippen molar-refractivity contribution in [3.8, 4) is 5.75 Å². The first-order valence-corrected chi connectivity index (χ1v) is 9.15. The number of fused-ring (bicyclic) bond motifs is 3. The van der Waals surface area contributed by atoms with E-state index in [1.165, 1.54) is 25.1 Å². The molecular formula is C21H20FN3O2. The molecule has 0 unspecified atom stereocenters. The van der Waals surface area contributed by atoms with Crippen LogP contribution in [0.15, 0.2) is 42.7 Å². The molecule has 0 bridgehead atoms. The number of rotatable bonds is 2. The van der Waals surface area contributed by atoms with Crippen LogP contribution in [-0.4, -0.2) is 36.8 Å². The lowest BCUT2D eigenvalue weighted by Gasteiger charge is -2.34. The maximum atomic E-state index is 14.1. The minimum atomic E-state index is -0.419. The lowest BCUT2D eigenvalue weighted by Crippen LogP contribution is -2.37. The van der Waals surface area contributed by atoms with Gasteiger partial charge in [-0.25, -0.2) is 14.4 Å². The van der Waals surface area contributed by atoms with Crippen LogP contribution in [0.3, 0.4) is 0 Å². The van der Waals surface area contributed by atoms with E-state index in [9.17, 15) is 4.39 Å². The summed E-state index contributed by atoms with van der Waals surface area (Å²) in [5.74, 6) is 0.568. The smallest absolute Gasteiger partial charge is 0.167 e. The third-order valence-electron chi connectivity index (χ3n) is 5.82. The number of anilines is 2. The summed E-state index contributed by atoms with van der Waals surface area (Å²) in [4.78, 5) is 11.1. The standard InChI is InChI=1S/C21H20FN3O2/c1-26-19-10-14-17(11-16(19)22)23-13-24-20(14)25-12-21(6-8-27-9-7-21)15-4-2-3-5-18(15)25/h2-5,10-11,13H,6-9,12H2,1H3. The summed E-state index contributed by atoms with van der Waals surface area (Å²) in [7, 11) is 1.47. The highest BCUT2D eigenvalue weighted by atomic mass is 19.1. The van der Waals surface area contributed by atoms with Gasteiger partial charge in [0.05, 0.1) is 12.6 Å². The highest BCUT2D eigenvalue weighted by Gasteiger charge is 2.44. The van der Waals surface area contributed by atoms with E-state index >= 15 is 0 Å². The molecule has 0 radical (unpaired) electrons. The van der Waals surface area contributed by atoms with Crippen molar-refractivity contribution in [1.29, 1.82) is 0 Å². The quantitative estimate of drug-likeness (QED) is 0.688. The molecule has 3 aromatic rings. The molecule has 0 saturated carbocycles. The summed E-state index contributed by atoms with van der Waals surface area (Å²) in [6.45, 7) is 2.37. The molecule has 2 aliphatic rings. The molecule has 1 spiro atoms. The van der Waals surface area contributed by atoms with Gasteiger partial charge in [0.25, 0.3) is 0 Å². The topological polar surface area (TPSA) is 47.5 Å². The van der Waals surface area contributed by atoms with E-state index in [0.717, 1.165) is 49.5 Å².